The van der Waals surface area contributed by atoms with Crippen molar-refractivity contribution in [3.63, 3.8) is 0 Å². The number of piperidine rings is 1. The van der Waals surface area contributed by atoms with Crippen molar-refractivity contribution in [1.29, 1.82) is 0 Å². The molecule has 2 amide bonds. The van der Waals surface area contributed by atoms with Gasteiger partial charge in [0, 0.05) is 30.5 Å². The summed E-state index contributed by atoms with van der Waals surface area (Å²) in [6.07, 6.45) is 10.2. The Morgan fingerprint density at radius 1 is 0.974 bits per heavy atom. The van der Waals surface area contributed by atoms with Crippen LogP contribution in [0.25, 0.3) is 0 Å². The Hall–Kier alpha value is -3.56. The number of hydrazine groups is 1. The van der Waals surface area contributed by atoms with Crippen molar-refractivity contribution >= 4 is 17.7 Å². The Bertz CT molecular complexity index is 1190. The standard InChI is InChI=1S/C30H38N4O5/c1-33-17-14-25(15-18-33)39-30(36)31-23-8-5-7-22(19-23)29(35)34-16-6-11-26(32-34)21-12-13-27(37-2)28(20-21)38-24-9-3-4-10-24/h5-8,12-13,16,19-20,24-26,32H,3-4,9-11,14-15,17-18H2,1-2H3,(H,31,36). The van der Waals surface area contributed by atoms with Crippen molar-refractivity contribution in [2.24, 2.45) is 0 Å². The second-order valence-corrected chi connectivity index (χ2v) is 10.5. The van der Waals surface area contributed by atoms with Crippen LogP contribution in [0.5, 0.6) is 11.5 Å². The van der Waals surface area contributed by atoms with Crippen molar-refractivity contribution in [2.45, 2.75) is 63.2 Å². The number of nitrogens with zero attached hydrogens (tertiary/aromatic N) is 2. The van der Waals surface area contributed by atoms with Crippen LogP contribution in [0, 0.1) is 0 Å². The van der Waals surface area contributed by atoms with Gasteiger partial charge in [-0.3, -0.25) is 10.1 Å². The van der Waals surface area contributed by atoms with E-state index < -0.39 is 6.09 Å². The zero-order valence-electron chi connectivity index (χ0n) is 22.7. The van der Waals surface area contributed by atoms with Gasteiger partial charge in [-0.2, -0.15) is 0 Å². The molecule has 9 nitrogen and oxygen atoms in total. The lowest BCUT2D eigenvalue weighted by molar-refractivity contribution is 0.0660. The molecule has 1 saturated carbocycles. The summed E-state index contributed by atoms with van der Waals surface area (Å²) in [5, 5.41) is 4.26. The molecule has 2 aliphatic heterocycles. The maximum absolute atomic E-state index is 13.4. The number of rotatable bonds is 7. The Kier molecular flexibility index (Phi) is 8.68. The van der Waals surface area contributed by atoms with Gasteiger partial charge in [-0.25, -0.2) is 15.2 Å². The number of carbonyl (C=O) groups excluding carboxylic acids is 2. The van der Waals surface area contributed by atoms with E-state index in [2.05, 4.69) is 22.7 Å². The fourth-order valence-corrected chi connectivity index (χ4v) is 5.36. The van der Waals surface area contributed by atoms with Gasteiger partial charge in [0.05, 0.1) is 19.3 Å². The van der Waals surface area contributed by atoms with Gasteiger partial charge < -0.3 is 19.1 Å². The monoisotopic (exact) mass is 534 g/mol. The van der Waals surface area contributed by atoms with Crippen LogP contribution in [0.4, 0.5) is 10.5 Å². The van der Waals surface area contributed by atoms with Crippen molar-refractivity contribution < 1.29 is 23.8 Å². The third-order valence-corrected chi connectivity index (χ3v) is 7.62. The molecule has 1 aliphatic carbocycles. The minimum Gasteiger partial charge on any atom is -0.493 e. The smallest absolute Gasteiger partial charge is 0.411 e. The van der Waals surface area contributed by atoms with Crippen LogP contribution in [0.15, 0.2) is 54.7 Å². The van der Waals surface area contributed by atoms with Gasteiger partial charge in [0.25, 0.3) is 5.91 Å². The lowest BCUT2D eigenvalue weighted by atomic mass is 10.0. The predicted octanol–water partition coefficient (Wildman–Crippen LogP) is 5.26. The Morgan fingerprint density at radius 3 is 2.54 bits per heavy atom. The maximum atomic E-state index is 13.4. The van der Waals surface area contributed by atoms with Crippen LogP contribution in [0.2, 0.25) is 0 Å². The SMILES string of the molecule is COc1ccc(C2CC=CN(C(=O)c3cccc(NC(=O)OC4CCN(C)CC4)c3)N2)cc1OC1CCCC1. The average Bonchev–Trinajstić information content (AvgIpc) is 3.47. The highest BCUT2D eigenvalue weighted by atomic mass is 16.6. The molecule has 0 radical (unpaired) electrons. The number of benzene rings is 2. The number of anilines is 1. The van der Waals surface area contributed by atoms with E-state index in [9.17, 15) is 9.59 Å². The first-order chi connectivity index (χ1) is 19.0. The normalized spacial score (nSPS) is 20.6. The lowest BCUT2D eigenvalue weighted by Gasteiger charge is -2.30. The third kappa shape index (κ3) is 6.91. The first-order valence-corrected chi connectivity index (χ1v) is 13.9. The fraction of sp³-hybridized carbons (Fsp3) is 0.467. The number of nitrogens with one attached hydrogen (secondary N) is 2. The van der Waals surface area contributed by atoms with Gasteiger partial charge in [-0.05, 0) is 87.9 Å². The lowest BCUT2D eigenvalue weighted by Crippen LogP contribution is -2.43. The molecule has 0 spiro atoms. The van der Waals surface area contributed by atoms with E-state index in [0.717, 1.165) is 56.5 Å². The second-order valence-electron chi connectivity index (χ2n) is 10.5. The summed E-state index contributed by atoms with van der Waals surface area (Å²) >= 11 is 0. The molecule has 2 heterocycles. The molecule has 3 aliphatic rings. The van der Waals surface area contributed by atoms with Crippen molar-refractivity contribution in [2.75, 3.05) is 32.6 Å². The molecule has 2 N–H and O–H groups in total. The molecule has 208 valence electrons. The molecule has 0 bridgehead atoms. The highest BCUT2D eigenvalue weighted by Gasteiger charge is 2.25. The first kappa shape index (κ1) is 27.0. The van der Waals surface area contributed by atoms with Gasteiger partial charge in [-0.15, -0.1) is 0 Å². The summed E-state index contributed by atoms with van der Waals surface area (Å²) in [6.45, 7) is 1.81. The van der Waals surface area contributed by atoms with Crippen LogP contribution in [-0.4, -0.2) is 61.4 Å². The Labute approximate surface area is 230 Å². The van der Waals surface area contributed by atoms with E-state index in [1.54, 1.807) is 37.6 Å². The summed E-state index contributed by atoms with van der Waals surface area (Å²) in [5.41, 5.74) is 5.30. The van der Waals surface area contributed by atoms with E-state index in [4.69, 9.17) is 14.2 Å². The topological polar surface area (TPSA) is 92.4 Å². The van der Waals surface area contributed by atoms with E-state index in [1.807, 2.05) is 24.3 Å². The van der Waals surface area contributed by atoms with E-state index in [0.29, 0.717) is 17.0 Å². The van der Waals surface area contributed by atoms with Crippen molar-refractivity contribution in [3.05, 3.63) is 65.9 Å². The third-order valence-electron chi connectivity index (χ3n) is 7.62. The minimum atomic E-state index is -0.500. The Balaban J connectivity index is 1.22. The average molecular weight is 535 g/mol. The summed E-state index contributed by atoms with van der Waals surface area (Å²) in [6, 6.07) is 12.7. The summed E-state index contributed by atoms with van der Waals surface area (Å²) < 4.78 is 17.4. The zero-order chi connectivity index (χ0) is 27.2. The highest BCUT2D eigenvalue weighted by Crippen LogP contribution is 2.35. The molecule has 39 heavy (non-hydrogen) atoms. The Morgan fingerprint density at radius 2 is 1.77 bits per heavy atom. The van der Waals surface area contributed by atoms with E-state index >= 15 is 0 Å². The molecule has 2 fully saturated rings. The first-order valence-electron chi connectivity index (χ1n) is 13.9. The maximum Gasteiger partial charge on any atom is 0.411 e. The molecule has 1 saturated heterocycles. The number of methoxy groups -OCH3 is 1. The number of ether oxygens (including phenoxy) is 3. The van der Waals surface area contributed by atoms with Crippen LogP contribution < -0.4 is 20.2 Å². The van der Waals surface area contributed by atoms with Gasteiger partial charge in [0.15, 0.2) is 11.5 Å². The number of carbonyl (C=O) groups is 2. The van der Waals surface area contributed by atoms with Crippen LogP contribution >= 0.6 is 0 Å². The van der Waals surface area contributed by atoms with Crippen LogP contribution in [0.1, 0.15) is 66.9 Å². The van der Waals surface area contributed by atoms with Crippen LogP contribution in [0.3, 0.4) is 0 Å². The van der Waals surface area contributed by atoms with Gasteiger partial charge in [0.2, 0.25) is 0 Å². The molecule has 1 unspecified atom stereocenters. The van der Waals surface area contributed by atoms with E-state index in [1.165, 1.54) is 17.9 Å². The summed E-state index contributed by atoms with van der Waals surface area (Å²) in [7, 11) is 3.71. The summed E-state index contributed by atoms with van der Waals surface area (Å²) in [4.78, 5) is 28.0. The molecule has 0 aromatic heterocycles. The number of hydrogen-bond acceptors (Lipinski definition) is 7. The molecular formula is C30H38N4O5. The summed E-state index contributed by atoms with van der Waals surface area (Å²) in [5.74, 6) is 1.23. The fourth-order valence-electron chi connectivity index (χ4n) is 5.36. The molecule has 2 aromatic rings. The van der Waals surface area contributed by atoms with Gasteiger partial charge >= 0.3 is 6.09 Å². The largest absolute Gasteiger partial charge is 0.493 e. The number of likely N-dealkylation sites (tertiary alicyclic amines) is 1. The highest BCUT2D eigenvalue weighted by molar-refractivity contribution is 5.96. The molecule has 5 rings (SSSR count). The van der Waals surface area contributed by atoms with E-state index in [-0.39, 0.29) is 24.2 Å². The van der Waals surface area contributed by atoms with Gasteiger partial charge in [-0.1, -0.05) is 18.2 Å². The molecular weight excluding hydrogens is 496 g/mol. The van der Waals surface area contributed by atoms with Crippen LogP contribution in [-0.2, 0) is 4.74 Å². The predicted molar refractivity (Wildman–Crippen MR) is 149 cm³/mol. The minimum absolute atomic E-state index is 0.0901. The van der Waals surface area contributed by atoms with Crippen molar-refractivity contribution in [3.8, 4) is 11.5 Å². The molecule has 1 atom stereocenters. The zero-order valence-corrected chi connectivity index (χ0v) is 22.7. The molecule has 9 heteroatoms. The molecule has 2 aromatic carbocycles. The number of amides is 2. The number of hydrogen-bond donors (Lipinski definition) is 2. The van der Waals surface area contributed by atoms with Crippen molar-refractivity contribution in [1.82, 2.24) is 15.3 Å². The van der Waals surface area contributed by atoms with Gasteiger partial charge in [0.1, 0.15) is 6.10 Å². The quantitative estimate of drug-likeness (QED) is 0.500. The second kappa shape index (κ2) is 12.5.